The monoisotopic (exact) mass is 333 g/mol. The lowest BCUT2D eigenvalue weighted by Crippen LogP contribution is -2.41. The zero-order valence-electron chi connectivity index (χ0n) is 13.8. The number of rotatable bonds is 4. The van der Waals surface area contributed by atoms with Crippen molar-refractivity contribution in [2.45, 2.75) is 13.0 Å². The van der Waals surface area contributed by atoms with Gasteiger partial charge in [0.1, 0.15) is 12.2 Å². The second-order valence-electron chi connectivity index (χ2n) is 5.61. The number of carbonyl (C=O) groups is 2. The quantitative estimate of drug-likeness (QED) is 0.797. The molecule has 1 atom stereocenters. The first kappa shape index (κ1) is 16.3. The molecule has 1 aromatic carbocycles. The van der Waals surface area contributed by atoms with E-state index in [1.54, 1.807) is 30.2 Å². The summed E-state index contributed by atoms with van der Waals surface area (Å²) in [5.74, 6) is -0.153. The topological polar surface area (TPSA) is 78.2 Å². The number of nitrogens with zero attached hydrogens (tertiary/aromatic N) is 1. The number of ether oxygens (including phenoxy) is 3. The minimum atomic E-state index is -0.467. The van der Waals surface area contributed by atoms with Crippen LogP contribution >= 0.6 is 0 Å². The average molecular weight is 333 g/mol. The van der Waals surface area contributed by atoms with E-state index >= 15 is 0 Å². The molecule has 7 nitrogen and oxygen atoms in total. The second kappa shape index (κ2) is 6.52. The summed E-state index contributed by atoms with van der Waals surface area (Å²) in [5, 5.41) is 0.659. The van der Waals surface area contributed by atoms with Crippen LogP contribution in [0.5, 0.6) is 5.75 Å². The lowest BCUT2D eigenvalue weighted by molar-refractivity contribution is 0.0573. The number of hydrogen-bond acceptors (Lipinski definition) is 6. The van der Waals surface area contributed by atoms with E-state index in [0.29, 0.717) is 42.0 Å². The van der Waals surface area contributed by atoms with Gasteiger partial charge in [-0.3, -0.25) is 4.79 Å². The zero-order valence-corrected chi connectivity index (χ0v) is 13.8. The third kappa shape index (κ3) is 2.71. The van der Waals surface area contributed by atoms with Crippen LogP contribution in [0.25, 0.3) is 11.0 Å². The number of fused-ring (bicyclic) bond motifs is 3. The van der Waals surface area contributed by atoms with Crippen LogP contribution in [0.3, 0.4) is 0 Å². The summed E-state index contributed by atoms with van der Waals surface area (Å²) in [6.07, 6.45) is 0. The molecule has 1 aromatic heterocycles. The molecule has 3 rings (SSSR count). The van der Waals surface area contributed by atoms with Crippen LogP contribution in [0.2, 0.25) is 0 Å². The Morgan fingerprint density at radius 2 is 2.17 bits per heavy atom. The highest BCUT2D eigenvalue weighted by Crippen LogP contribution is 2.36. The number of hydrogen-bond donors (Lipinski definition) is 0. The van der Waals surface area contributed by atoms with Gasteiger partial charge in [-0.2, -0.15) is 0 Å². The van der Waals surface area contributed by atoms with Gasteiger partial charge in [0.05, 0.1) is 30.7 Å². The highest BCUT2D eigenvalue weighted by molar-refractivity contribution is 6.03. The van der Waals surface area contributed by atoms with Crippen molar-refractivity contribution in [2.24, 2.45) is 0 Å². The van der Waals surface area contributed by atoms with Crippen molar-refractivity contribution in [1.82, 2.24) is 4.90 Å². The van der Waals surface area contributed by atoms with Gasteiger partial charge in [0.25, 0.3) is 5.91 Å². The first-order valence-corrected chi connectivity index (χ1v) is 7.64. The molecule has 0 bridgehead atoms. The lowest BCUT2D eigenvalue weighted by Gasteiger charge is -2.25. The van der Waals surface area contributed by atoms with E-state index in [4.69, 9.17) is 18.6 Å². The Morgan fingerprint density at radius 1 is 1.38 bits per heavy atom. The van der Waals surface area contributed by atoms with Gasteiger partial charge in [0.15, 0.2) is 5.75 Å². The van der Waals surface area contributed by atoms with Gasteiger partial charge in [-0.15, -0.1) is 0 Å². The Labute approximate surface area is 139 Å². The third-order valence-corrected chi connectivity index (χ3v) is 4.06. The van der Waals surface area contributed by atoms with Gasteiger partial charge >= 0.3 is 5.97 Å². The number of esters is 1. The van der Waals surface area contributed by atoms with Gasteiger partial charge in [0.2, 0.25) is 5.76 Å². The molecule has 2 heterocycles. The molecule has 0 aliphatic carbocycles. The Bertz CT molecular complexity index is 781. The molecule has 1 amide bonds. The van der Waals surface area contributed by atoms with E-state index in [-0.39, 0.29) is 17.7 Å². The maximum absolute atomic E-state index is 12.8. The molecular formula is C17H19NO6. The molecule has 0 unspecified atom stereocenters. The summed E-state index contributed by atoms with van der Waals surface area (Å²) < 4.78 is 21.3. The van der Waals surface area contributed by atoms with Gasteiger partial charge in [-0.25, -0.2) is 4.79 Å². The maximum atomic E-state index is 12.8. The number of furan rings is 1. The molecule has 0 N–H and O–H groups in total. The van der Waals surface area contributed by atoms with E-state index in [1.807, 2.05) is 6.92 Å². The van der Waals surface area contributed by atoms with E-state index in [9.17, 15) is 9.59 Å². The van der Waals surface area contributed by atoms with Crippen LogP contribution < -0.4 is 4.74 Å². The summed E-state index contributed by atoms with van der Waals surface area (Å²) in [4.78, 5) is 26.1. The molecule has 0 fully saturated rings. The van der Waals surface area contributed by atoms with Crippen molar-refractivity contribution >= 4 is 22.8 Å². The molecule has 128 valence electrons. The summed E-state index contributed by atoms with van der Waals surface area (Å²) in [6.45, 7) is 3.15. The standard InChI is InChI=1S/C17H19NO6/c1-10-9-23-14-12-5-4-11(17(20)22-3)8-13(12)24-15(14)16(19)18(10)6-7-21-2/h4-5,8,10H,6-7,9H2,1-3H3/t10-/m1/s1. The second-order valence-corrected chi connectivity index (χ2v) is 5.61. The van der Waals surface area contributed by atoms with Crippen molar-refractivity contribution in [3.63, 3.8) is 0 Å². The molecule has 1 aliphatic rings. The van der Waals surface area contributed by atoms with Gasteiger partial charge in [0, 0.05) is 13.7 Å². The average Bonchev–Trinajstić information content (AvgIpc) is 2.91. The highest BCUT2D eigenvalue weighted by Gasteiger charge is 2.33. The van der Waals surface area contributed by atoms with E-state index in [0.717, 1.165) is 0 Å². The Hall–Kier alpha value is -2.54. The summed E-state index contributed by atoms with van der Waals surface area (Å²) in [7, 11) is 2.90. The van der Waals surface area contributed by atoms with Crippen molar-refractivity contribution in [3.05, 3.63) is 29.5 Å². The largest absolute Gasteiger partial charge is 0.487 e. The predicted octanol–water partition coefficient (Wildman–Crippen LogP) is 2.09. The summed E-state index contributed by atoms with van der Waals surface area (Å²) >= 11 is 0. The number of benzene rings is 1. The van der Waals surface area contributed by atoms with Crippen LogP contribution in [0.15, 0.2) is 22.6 Å². The van der Waals surface area contributed by atoms with Crippen molar-refractivity contribution < 1.29 is 28.2 Å². The smallest absolute Gasteiger partial charge is 0.337 e. The fourth-order valence-corrected chi connectivity index (χ4v) is 2.74. The predicted molar refractivity (Wildman–Crippen MR) is 85.4 cm³/mol. The minimum absolute atomic E-state index is 0.0976. The molecule has 0 spiro atoms. The summed E-state index contributed by atoms with van der Waals surface area (Å²) in [5.41, 5.74) is 0.767. The molecule has 0 radical (unpaired) electrons. The van der Waals surface area contributed by atoms with Crippen LogP contribution in [-0.4, -0.2) is 56.8 Å². The molecule has 1 aliphatic heterocycles. The van der Waals surface area contributed by atoms with Crippen LogP contribution in [-0.2, 0) is 9.47 Å². The molecule has 24 heavy (non-hydrogen) atoms. The highest BCUT2D eigenvalue weighted by atomic mass is 16.5. The number of carbonyl (C=O) groups excluding carboxylic acids is 2. The Kier molecular flexibility index (Phi) is 4.44. The Morgan fingerprint density at radius 3 is 2.88 bits per heavy atom. The first-order chi connectivity index (χ1) is 11.6. The number of amides is 1. The molecule has 0 saturated carbocycles. The zero-order chi connectivity index (χ0) is 17.3. The first-order valence-electron chi connectivity index (χ1n) is 7.64. The van der Waals surface area contributed by atoms with Gasteiger partial charge in [-0.05, 0) is 25.1 Å². The molecule has 2 aromatic rings. The third-order valence-electron chi connectivity index (χ3n) is 4.06. The SMILES string of the molecule is COCCN1C(=O)c2oc3cc(C(=O)OC)ccc3c2OC[C@H]1C. The maximum Gasteiger partial charge on any atom is 0.337 e. The van der Waals surface area contributed by atoms with E-state index in [2.05, 4.69) is 0 Å². The van der Waals surface area contributed by atoms with Crippen LogP contribution in [0.4, 0.5) is 0 Å². The van der Waals surface area contributed by atoms with Crippen molar-refractivity contribution in [2.75, 3.05) is 34.0 Å². The molecular weight excluding hydrogens is 314 g/mol. The fourth-order valence-electron chi connectivity index (χ4n) is 2.74. The lowest BCUT2D eigenvalue weighted by atomic mass is 10.1. The summed E-state index contributed by atoms with van der Waals surface area (Å²) in [6, 6.07) is 4.77. The van der Waals surface area contributed by atoms with Crippen LogP contribution in [0, 0.1) is 0 Å². The van der Waals surface area contributed by atoms with Crippen LogP contribution in [0.1, 0.15) is 27.8 Å². The fraction of sp³-hybridized carbons (Fsp3) is 0.412. The Balaban J connectivity index is 2.03. The van der Waals surface area contributed by atoms with Gasteiger partial charge < -0.3 is 23.5 Å². The van der Waals surface area contributed by atoms with E-state index < -0.39 is 5.97 Å². The normalized spacial score (nSPS) is 17.4. The van der Waals surface area contributed by atoms with E-state index in [1.165, 1.54) is 7.11 Å². The van der Waals surface area contributed by atoms with Gasteiger partial charge in [-0.1, -0.05) is 0 Å². The molecule has 0 saturated heterocycles. The molecule has 7 heteroatoms. The number of methoxy groups -OCH3 is 2. The van der Waals surface area contributed by atoms with Crippen molar-refractivity contribution in [3.8, 4) is 5.75 Å². The minimum Gasteiger partial charge on any atom is -0.487 e. The van der Waals surface area contributed by atoms with Crippen molar-refractivity contribution in [1.29, 1.82) is 0 Å².